The third-order valence-corrected chi connectivity index (χ3v) is 3.10. The minimum absolute atomic E-state index is 0.257. The molecule has 5 heteroatoms. The van der Waals surface area contributed by atoms with Gasteiger partial charge >= 0.3 is 6.09 Å². The first-order valence-electron chi connectivity index (χ1n) is 6.10. The lowest BCUT2D eigenvalue weighted by molar-refractivity contribution is 0.0237. The minimum Gasteiger partial charge on any atom is -0.454 e. The van der Waals surface area contributed by atoms with Gasteiger partial charge in [-0.1, -0.05) is 0 Å². The summed E-state index contributed by atoms with van der Waals surface area (Å²) in [7, 11) is 0. The third kappa shape index (κ3) is 3.28. The summed E-state index contributed by atoms with van der Waals surface area (Å²) in [6.45, 7) is 6.89. The summed E-state index contributed by atoms with van der Waals surface area (Å²) in [6, 6.07) is 1.93. The van der Waals surface area contributed by atoms with Gasteiger partial charge in [-0.2, -0.15) is 0 Å². The van der Waals surface area contributed by atoms with Crippen LogP contribution in [0.15, 0.2) is 15.2 Å². The van der Waals surface area contributed by atoms with Gasteiger partial charge < -0.3 is 14.1 Å². The maximum Gasteiger partial charge on any atom is 0.410 e. The summed E-state index contributed by atoms with van der Waals surface area (Å²) in [5.41, 5.74) is 0.605. The zero-order valence-corrected chi connectivity index (χ0v) is 12.5. The fraction of sp³-hybridized carbons (Fsp3) is 0.615. The standard InChI is InChI=1S/C13H18BrNO3/c1-13(2,3)18-12(16)15-6-4-5-10-9(8-15)7-11(14)17-10/h7H,4-6,8H2,1-3H3. The quantitative estimate of drug-likeness (QED) is 0.732. The molecular weight excluding hydrogens is 298 g/mol. The van der Waals surface area contributed by atoms with Crippen molar-refractivity contribution < 1.29 is 13.9 Å². The lowest BCUT2D eigenvalue weighted by Crippen LogP contribution is -2.36. The van der Waals surface area contributed by atoms with Crippen LogP contribution in [-0.4, -0.2) is 23.1 Å². The second-order valence-electron chi connectivity index (χ2n) is 5.50. The van der Waals surface area contributed by atoms with Crippen molar-refractivity contribution in [3.8, 4) is 0 Å². The first kappa shape index (κ1) is 13.5. The Bertz CT molecular complexity index is 448. The molecule has 1 amide bonds. The monoisotopic (exact) mass is 315 g/mol. The largest absolute Gasteiger partial charge is 0.454 e. The van der Waals surface area contributed by atoms with Gasteiger partial charge in [-0.05, 0) is 49.2 Å². The lowest BCUT2D eigenvalue weighted by atomic mass is 10.2. The Hall–Kier alpha value is -0.970. The van der Waals surface area contributed by atoms with Crippen molar-refractivity contribution in [1.82, 2.24) is 4.90 Å². The van der Waals surface area contributed by atoms with E-state index in [2.05, 4.69) is 15.9 Å². The number of rotatable bonds is 0. The van der Waals surface area contributed by atoms with Crippen molar-refractivity contribution >= 4 is 22.0 Å². The van der Waals surface area contributed by atoms with Crippen molar-refractivity contribution in [3.63, 3.8) is 0 Å². The van der Waals surface area contributed by atoms with Gasteiger partial charge in [0, 0.05) is 18.5 Å². The molecule has 2 heterocycles. The highest BCUT2D eigenvalue weighted by atomic mass is 79.9. The van der Waals surface area contributed by atoms with Crippen LogP contribution in [0.25, 0.3) is 0 Å². The fourth-order valence-electron chi connectivity index (χ4n) is 1.97. The number of hydrogen-bond donors (Lipinski definition) is 0. The number of carbonyl (C=O) groups is 1. The predicted molar refractivity (Wildman–Crippen MR) is 71.4 cm³/mol. The van der Waals surface area contributed by atoms with Crippen molar-refractivity contribution in [2.75, 3.05) is 6.54 Å². The van der Waals surface area contributed by atoms with Gasteiger partial charge in [0.1, 0.15) is 11.4 Å². The second-order valence-corrected chi connectivity index (χ2v) is 6.29. The smallest absolute Gasteiger partial charge is 0.410 e. The molecule has 1 aromatic heterocycles. The zero-order chi connectivity index (χ0) is 13.3. The number of amides is 1. The molecule has 1 aliphatic heterocycles. The van der Waals surface area contributed by atoms with Crippen LogP contribution < -0.4 is 0 Å². The molecule has 4 nitrogen and oxygen atoms in total. The van der Waals surface area contributed by atoms with Gasteiger partial charge in [-0.3, -0.25) is 0 Å². The molecule has 0 atom stereocenters. The molecule has 0 aliphatic carbocycles. The molecule has 0 unspecified atom stereocenters. The molecule has 0 spiro atoms. The summed E-state index contributed by atoms with van der Waals surface area (Å²) in [5, 5.41) is 0. The highest BCUT2D eigenvalue weighted by Crippen LogP contribution is 2.26. The van der Waals surface area contributed by atoms with Crippen LogP contribution in [0.1, 0.15) is 38.5 Å². The van der Waals surface area contributed by atoms with E-state index in [1.165, 1.54) is 0 Å². The van der Waals surface area contributed by atoms with E-state index in [4.69, 9.17) is 9.15 Å². The Balaban J connectivity index is 2.09. The number of fused-ring (bicyclic) bond motifs is 1. The fourth-order valence-corrected chi connectivity index (χ4v) is 2.44. The third-order valence-electron chi connectivity index (χ3n) is 2.71. The van der Waals surface area contributed by atoms with E-state index in [0.717, 1.165) is 28.8 Å². The molecule has 1 aliphatic rings. The van der Waals surface area contributed by atoms with Crippen molar-refractivity contribution in [3.05, 3.63) is 22.1 Å². The number of furan rings is 1. The molecule has 0 bridgehead atoms. The molecular formula is C13H18BrNO3. The molecule has 0 saturated carbocycles. The van der Waals surface area contributed by atoms with Crippen molar-refractivity contribution in [2.24, 2.45) is 0 Å². The first-order chi connectivity index (χ1) is 8.35. The number of carbonyl (C=O) groups excluding carboxylic acids is 1. The van der Waals surface area contributed by atoms with Gasteiger partial charge in [-0.15, -0.1) is 0 Å². The normalized spacial score (nSPS) is 16.1. The summed E-state index contributed by atoms with van der Waals surface area (Å²) >= 11 is 3.32. The van der Waals surface area contributed by atoms with Crippen LogP contribution in [-0.2, 0) is 17.7 Å². The van der Waals surface area contributed by atoms with Gasteiger partial charge in [-0.25, -0.2) is 4.79 Å². The Kier molecular flexibility index (Phi) is 3.71. The maximum atomic E-state index is 12.0. The average Bonchev–Trinajstić information content (AvgIpc) is 2.43. The number of hydrogen-bond acceptors (Lipinski definition) is 3. The zero-order valence-electron chi connectivity index (χ0n) is 11.0. The van der Waals surface area contributed by atoms with Crippen LogP contribution in [0.3, 0.4) is 0 Å². The van der Waals surface area contributed by atoms with Crippen LogP contribution >= 0.6 is 15.9 Å². The van der Waals surface area contributed by atoms with E-state index in [9.17, 15) is 4.79 Å². The minimum atomic E-state index is -0.455. The molecule has 0 saturated heterocycles. The van der Waals surface area contributed by atoms with Crippen molar-refractivity contribution in [1.29, 1.82) is 0 Å². The molecule has 1 aromatic rings. The van der Waals surface area contributed by atoms with Crippen LogP contribution in [0.2, 0.25) is 0 Å². The molecule has 0 fully saturated rings. The van der Waals surface area contributed by atoms with Gasteiger partial charge in [0.2, 0.25) is 0 Å². The van der Waals surface area contributed by atoms with Gasteiger partial charge in [0.15, 0.2) is 4.67 Å². The lowest BCUT2D eigenvalue weighted by Gasteiger charge is -2.26. The van der Waals surface area contributed by atoms with E-state index in [1.807, 2.05) is 26.8 Å². The molecule has 0 radical (unpaired) electrons. The van der Waals surface area contributed by atoms with E-state index in [0.29, 0.717) is 13.1 Å². The maximum absolute atomic E-state index is 12.0. The second kappa shape index (κ2) is 4.96. The van der Waals surface area contributed by atoms with E-state index >= 15 is 0 Å². The summed E-state index contributed by atoms with van der Waals surface area (Å²) in [6.07, 6.45) is 1.50. The van der Waals surface area contributed by atoms with Gasteiger partial charge in [0.05, 0.1) is 6.54 Å². The Morgan fingerprint density at radius 3 is 2.89 bits per heavy atom. The SMILES string of the molecule is CC(C)(C)OC(=O)N1CCCc2oc(Br)cc2C1. The van der Waals surface area contributed by atoms with E-state index in [-0.39, 0.29) is 6.09 Å². The number of aryl methyl sites for hydroxylation is 1. The van der Waals surface area contributed by atoms with Gasteiger partial charge in [0.25, 0.3) is 0 Å². The number of ether oxygens (including phenoxy) is 1. The Morgan fingerprint density at radius 1 is 1.50 bits per heavy atom. The summed E-state index contributed by atoms with van der Waals surface area (Å²) in [4.78, 5) is 13.8. The molecule has 100 valence electrons. The molecule has 18 heavy (non-hydrogen) atoms. The summed E-state index contributed by atoms with van der Waals surface area (Å²) in [5.74, 6) is 0.966. The molecule has 0 aromatic carbocycles. The van der Waals surface area contributed by atoms with Crippen LogP contribution in [0.5, 0.6) is 0 Å². The van der Waals surface area contributed by atoms with E-state index < -0.39 is 5.60 Å². The highest BCUT2D eigenvalue weighted by Gasteiger charge is 2.25. The van der Waals surface area contributed by atoms with Crippen molar-refractivity contribution in [2.45, 2.75) is 45.8 Å². The highest BCUT2D eigenvalue weighted by molar-refractivity contribution is 9.10. The topological polar surface area (TPSA) is 42.7 Å². The first-order valence-corrected chi connectivity index (χ1v) is 6.89. The Labute approximate surface area is 115 Å². The molecule has 0 N–H and O–H groups in total. The number of nitrogens with zero attached hydrogens (tertiary/aromatic N) is 1. The predicted octanol–water partition coefficient (Wildman–Crippen LogP) is 3.73. The summed E-state index contributed by atoms with van der Waals surface area (Å²) < 4.78 is 11.7. The Morgan fingerprint density at radius 2 is 2.22 bits per heavy atom. The molecule has 2 rings (SSSR count). The van der Waals surface area contributed by atoms with E-state index in [1.54, 1.807) is 4.90 Å². The average molecular weight is 316 g/mol. The number of halogens is 1. The van der Waals surface area contributed by atoms with Crippen LogP contribution in [0.4, 0.5) is 4.79 Å². The van der Waals surface area contributed by atoms with Crippen LogP contribution in [0, 0.1) is 0 Å².